The SMILES string of the molecule is c1cc2cc(NCC3CC3)ccc2cn1. The van der Waals surface area contributed by atoms with Crippen molar-refractivity contribution in [2.24, 2.45) is 5.92 Å². The van der Waals surface area contributed by atoms with Crippen LogP contribution in [0.4, 0.5) is 5.69 Å². The summed E-state index contributed by atoms with van der Waals surface area (Å²) in [4.78, 5) is 4.11. The fourth-order valence-corrected chi connectivity index (χ4v) is 1.78. The van der Waals surface area contributed by atoms with Crippen LogP contribution in [0.1, 0.15) is 12.8 Å². The van der Waals surface area contributed by atoms with Gasteiger partial charge < -0.3 is 5.32 Å². The first-order valence-corrected chi connectivity index (χ1v) is 5.49. The van der Waals surface area contributed by atoms with E-state index >= 15 is 0 Å². The molecule has 2 aromatic rings. The molecule has 0 atom stereocenters. The molecule has 1 aliphatic carbocycles. The van der Waals surface area contributed by atoms with Gasteiger partial charge in [-0.1, -0.05) is 6.07 Å². The zero-order chi connectivity index (χ0) is 10.1. The molecule has 1 N–H and O–H groups in total. The van der Waals surface area contributed by atoms with E-state index in [0.717, 1.165) is 12.5 Å². The summed E-state index contributed by atoms with van der Waals surface area (Å²) in [5, 5.41) is 5.94. The minimum Gasteiger partial charge on any atom is -0.385 e. The highest BCUT2D eigenvalue weighted by Gasteiger charge is 2.20. The minimum atomic E-state index is 0.915. The van der Waals surface area contributed by atoms with Crippen molar-refractivity contribution in [1.82, 2.24) is 4.98 Å². The van der Waals surface area contributed by atoms with Crippen LogP contribution in [0.25, 0.3) is 10.8 Å². The molecule has 15 heavy (non-hydrogen) atoms. The highest BCUT2D eigenvalue weighted by Crippen LogP contribution is 2.29. The number of aromatic nitrogens is 1. The first kappa shape index (κ1) is 8.72. The first-order chi connectivity index (χ1) is 7.42. The highest BCUT2D eigenvalue weighted by molar-refractivity contribution is 5.84. The number of nitrogens with zero attached hydrogens (tertiary/aromatic N) is 1. The van der Waals surface area contributed by atoms with Crippen LogP contribution in [-0.4, -0.2) is 11.5 Å². The molecule has 1 aliphatic rings. The van der Waals surface area contributed by atoms with Gasteiger partial charge in [0.1, 0.15) is 0 Å². The van der Waals surface area contributed by atoms with Gasteiger partial charge in [0, 0.05) is 30.0 Å². The van der Waals surface area contributed by atoms with E-state index in [0.29, 0.717) is 0 Å². The Balaban J connectivity index is 1.84. The Kier molecular flexibility index (Phi) is 2.05. The fraction of sp³-hybridized carbons (Fsp3) is 0.308. The third-order valence-electron chi connectivity index (χ3n) is 2.93. The van der Waals surface area contributed by atoms with Gasteiger partial charge in [0.2, 0.25) is 0 Å². The normalized spacial score (nSPS) is 15.5. The van der Waals surface area contributed by atoms with Crippen molar-refractivity contribution in [2.45, 2.75) is 12.8 Å². The van der Waals surface area contributed by atoms with Crippen LogP contribution in [0.2, 0.25) is 0 Å². The van der Waals surface area contributed by atoms with Crippen molar-refractivity contribution in [3.05, 3.63) is 36.7 Å². The smallest absolute Gasteiger partial charge is 0.0346 e. The molecular formula is C13H14N2. The Morgan fingerprint density at radius 3 is 3.00 bits per heavy atom. The fourth-order valence-electron chi connectivity index (χ4n) is 1.78. The molecule has 1 aromatic carbocycles. The maximum Gasteiger partial charge on any atom is 0.0346 e. The van der Waals surface area contributed by atoms with E-state index in [1.807, 2.05) is 12.4 Å². The van der Waals surface area contributed by atoms with Crippen molar-refractivity contribution >= 4 is 16.5 Å². The van der Waals surface area contributed by atoms with E-state index in [1.165, 1.54) is 29.3 Å². The van der Waals surface area contributed by atoms with E-state index in [-0.39, 0.29) is 0 Å². The lowest BCUT2D eigenvalue weighted by Gasteiger charge is -2.06. The van der Waals surface area contributed by atoms with E-state index in [2.05, 4.69) is 34.6 Å². The molecule has 0 unspecified atom stereocenters. The lowest BCUT2D eigenvalue weighted by Crippen LogP contribution is -2.02. The Morgan fingerprint density at radius 2 is 2.13 bits per heavy atom. The second kappa shape index (κ2) is 3.54. The van der Waals surface area contributed by atoms with Crippen LogP contribution >= 0.6 is 0 Å². The summed E-state index contributed by atoms with van der Waals surface area (Å²) in [5.74, 6) is 0.915. The molecule has 1 heterocycles. The summed E-state index contributed by atoms with van der Waals surface area (Å²) in [6.45, 7) is 1.12. The second-order valence-electron chi connectivity index (χ2n) is 4.26. The van der Waals surface area contributed by atoms with Gasteiger partial charge in [-0.25, -0.2) is 0 Å². The Bertz CT molecular complexity index is 475. The molecule has 1 saturated carbocycles. The van der Waals surface area contributed by atoms with Crippen LogP contribution in [-0.2, 0) is 0 Å². The number of rotatable bonds is 3. The van der Waals surface area contributed by atoms with Gasteiger partial charge >= 0.3 is 0 Å². The van der Waals surface area contributed by atoms with Gasteiger partial charge in [0.25, 0.3) is 0 Å². The standard InChI is InChI=1S/C13H14N2/c1-2-10(1)8-15-13-4-3-12-9-14-6-5-11(12)7-13/h3-7,9-10,15H,1-2,8H2. The number of hydrogen-bond donors (Lipinski definition) is 1. The molecule has 2 heteroatoms. The van der Waals surface area contributed by atoms with E-state index in [4.69, 9.17) is 0 Å². The number of benzene rings is 1. The van der Waals surface area contributed by atoms with E-state index < -0.39 is 0 Å². The van der Waals surface area contributed by atoms with Crippen molar-refractivity contribution in [3.63, 3.8) is 0 Å². The van der Waals surface area contributed by atoms with Crippen LogP contribution < -0.4 is 5.32 Å². The van der Waals surface area contributed by atoms with Crippen molar-refractivity contribution < 1.29 is 0 Å². The number of hydrogen-bond acceptors (Lipinski definition) is 2. The number of fused-ring (bicyclic) bond motifs is 1. The maximum atomic E-state index is 4.11. The largest absolute Gasteiger partial charge is 0.385 e. The molecule has 0 aliphatic heterocycles. The average molecular weight is 198 g/mol. The summed E-state index contributed by atoms with van der Waals surface area (Å²) in [5.41, 5.74) is 1.22. The summed E-state index contributed by atoms with van der Waals surface area (Å²) in [6, 6.07) is 8.50. The zero-order valence-electron chi connectivity index (χ0n) is 8.61. The Morgan fingerprint density at radius 1 is 1.20 bits per heavy atom. The molecule has 1 aromatic heterocycles. The van der Waals surface area contributed by atoms with Crippen molar-refractivity contribution in [1.29, 1.82) is 0 Å². The lowest BCUT2D eigenvalue weighted by molar-refractivity contribution is 0.889. The molecule has 0 bridgehead atoms. The average Bonchev–Trinajstić information content (AvgIpc) is 3.10. The van der Waals surface area contributed by atoms with Gasteiger partial charge in [-0.3, -0.25) is 4.98 Å². The Labute approximate surface area is 89.3 Å². The van der Waals surface area contributed by atoms with Crippen molar-refractivity contribution in [2.75, 3.05) is 11.9 Å². The topological polar surface area (TPSA) is 24.9 Å². The quantitative estimate of drug-likeness (QED) is 0.819. The summed E-state index contributed by atoms with van der Waals surface area (Å²) in [7, 11) is 0. The van der Waals surface area contributed by atoms with E-state index in [1.54, 1.807) is 0 Å². The summed E-state index contributed by atoms with van der Waals surface area (Å²) in [6.07, 6.45) is 6.53. The molecule has 0 saturated heterocycles. The maximum absolute atomic E-state index is 4.11. The molecule has 0 spiro atoms. The van der Waals surface area contributed by atoms with Crippen LogP contribution in [0, 0.1) is 5.92 Å². The second-order valence-corrected chi connectivity index (χ2v) is 4.26. The van der Waals surface area contributed by atoms with Crippen LogP contribution in [0.5, 0.6) is 0 Å². The summed E-state index contributed by atoms with van der Waals surface area (Å²) >= 11 is 0. The number of pyridine rings is 1. The monoisotopic (exact) mass is 198 g/mol. The molecular weight excluding hydrogens is 184 g/mol. The predicted molar refractivity (Wildman–Crippen MR) is 63.0 cm³/mol. The molecule has 2 nitrogen and oxygen atoms in total. The predicted octanol–water partition coefficient (Wildman–Crippen LogP) is 3.06. The van der Waals surface area contributed by atoms with E-state index in [9.17, 15) is 0 Å². The summed E-state index contributed by atoms with van der Waals surface area (Å²) < 4.78 is 0. The number of anilines is 1. The minimum absolute atomic E-state index is 0.915. The lowest BCUT2D eigenvalue weighted by atomic mass is 10.1. The molecule has 3 rings (SSSR count). The van der Waals surface area contributed by atoms with Gasteiger partial charge in [-0.15, -0.1) is 0 Å². The molecule has 0 amide bonds. The highest BCUT2D eigenvalue weighted by atomic mass is 14.9. The van der Waals surface area contributed by atoms with Gasteiger partial charge in [0.15, 0.2) is 0 Å². The van der Waals surface area contributed by atoms with Crippen LogP contribution in [0.15, 0.2) is 36.7 Å². The molecule has 0 radical (unpaired) electrons. The first-order valence-electron chi connectivity index (χ1n) is 5.49. The van der Waals surface area contributed by atoms with Crippen molar-refractivity contribution in [3.8, 4) is 0 Å². The van der Waals surface area contributed by atoms with Gasteiger partial charge in [-0.05, 0) is 42.3 Å². The third-order valence-corrected chi connectivity index (χ3v) is 2.93. The molecule has 1 fully saturated rings. The third kappa shape index (κ3) is 1.94. The van der Waals surface area contributed by atoms with Gasteiger partial charge in [-0.2, -0.15) is 0 Å². The van der Waals surface area contributed by atoms with Gasteiger partial charge in [0.05, 0.1) is 0 Å². The number of nitrogens with one attached hydrogen (secondary N) is 1. The zero-order valence-corrected chi connectivity index (χ0v) is 8.61. The molecule has 76 valence electrons. The Hall–Kier alpha value is -1.57. The van der Waals surface area contributed by atoms with Crippen LogP contribution in [0.3, 0.4) is 0 Å².